The van der Waals surface area contributed by atoms with Crippen molar-refractivity contribution in [3.8, 4) is 0 Å². The Labute approximate surface area is 110 Å². The van der Waals surface area contributed by atoms with Gasteiger partial charge in [-0.1, -0.05) is 33.5 Å². The van der Waals surface area contributed by atoms with Crippen molar-refractivity contribution >= 4 is 20.1 Å². The Bertz CT molecular complexity index is 299. The second-order valence-corrected chi connectivity index (χ2v) is 11.7. The molecule has 1 N–H and O–H groups in total. The van der Waals surface area contributed by atoms with Crippen LogP contribution in [0.3, 0.4) is 0 Å². The number of rotatable bonds is 6. The lowest BCUT2D eigenvalue weighted by Crippen LogP contribution is -2.46. The smallest absolute Gasteiger partial charge is 0.410 e. The highest BCUT2D eigenvalue weighted by atomic mass is 28.3. The van der Waals surface area contributed by atoms with E-state index in [1.54, 1.807) is 13.8 Å². The zero-order valence-electron chi connectivity index (χ0n) is 12.2. The van der Waals surface area contributed by atoms with E-state index >= 15 is 0 Å². The van der Waals surface area contributed by atoms with Crippen molar-refractivity contribution in [2.24, 2.45) is 5.92 Å². The zero-order valence-corrected chi connectivity index (χ0v) is 13.2. The number of aliphatic carboxylic acids is 1. The van der Waals surface area contributed by atoms with Crippen molar-refractivity contribution in [3.63, 3.8) is 0 Å². The Morgan fingerprint density at radius 1 is 1.28 bits per heavy atom. The van der Waals surface area contributed by atoms with Gasteiger partial charge in [-0.25, -0.2) is 9.59 Å². The third-order valence-corrected chi connectivity index (χ3v) is 4.37. The van der Waals surface area contributed by atoms with E-state index in [9.17, 15) is 9.59 Å². The van der Waals surface area contributed by atoms with Crippen molar-refractivity contribution in [2.75, 3.05) is 13.7 Å². The van der Waals surface area contributed by atoms with Crippen molar-refractivity contribution in [2.45, 2.75) is 45.6 Å². The molecule has 0 unspecified atom stereocenters. The van der Waals surface area contributed by atoms with Crippen LogP contribution in [0.15, 0.2) is 0 Å². The summed E-state index contributed by atoms with van der Waals surface area (Å²) in [5.74, 6) is -1.16. The van der Waals surface area contributed by atoms with Crippen LogP contribution in [0.5, 0.6) is 0 Å². The number of likely N-dealkylation sites (N-methyl/N-ethyl adjacent to an activating group) is 1. The molecule has 18 heavy (non-hydrogen) atoms. The Morgan fingerprint density at radius 3 is 2.11 bits per heavy atom. The summed E-state index contributed by atoms with van der Waals surface area (Å²) >= 11 is 0. The van der Waals surface area contributed by atoms with Crippen LogP contribution in [0.4, 0.5) is 4.79 Å². The van der Waals surface area contributed by atoms with Gasteiger partial charge < -0.3 is 9.84 Å². The summed E-state index contributed by atoms with van der Waals surface area (Å²) in [5.41, 5.74) is 0. The number of ether oxygens (including phenoxy) is 1. The number of hydrogen-bond donors (Lipinski definition) is 1. The molecule has 0 aliphatic heterocycles. The Morgan fingerprint density at radius 2 is 1.78 bits per heavy atom. The number of hydrogen-bond acceptors (Lipinski definition) is 3. The Kier molecular flexibility index (Phi) is 6.38. The van der Waals surface area contributed by atoms with E-state index in [-0.39, 0.29) is 5.92 Å². The van der Waals surface area contributed by atoms with E-state index in [2.05, 4.69) is 19.6 Å². The first-order chi connectivity index (χ1) is 8.06. The summed E-state index contributed by atoms with van der Waals surface area (Å²) in [5, 5.41) is 9.08. The molecule has 0 bridgehead atoms. The van der Waals surface area contributed by atoms with Crippen LogP contribution >= 0.6 is 0 Å². The molecular formula is C12H25NO4Si. The van der Waals surface area contributed by atoms with Gasteiger partial charge in [-0.15, -0.1) is 0 Å². The van der Waals surface area contributed by atoms with Crippen molar-refractivity contribution in [1.29, 1.82) is 0 Å². The fraction of sp³-hybridized carbons (Fsp3) is 0.833. The summed E-state index contributed by atoms with van der Waals surface area (Å²) in [6.07, 6.45) is -0.561. The number of carbonyl (C=O) groups is 2. The Balaban J connectivity index is 4.37. The average Bonchev–Trinajstić information content (AvgIpc) is 2.13. The minimum absolute atomic E-state index is 0.156. The number of carboxylic acids is 1. The van der Waals surface area contributed by atoms with Gasteiger partial charge in [-0.3, -0.25) is 4.90 Å². The largest absolute Gasteiger partial charge is 0.480 e. The van der Waals surface area contributed by atoms with Crippen LogP contribution in [0.2, 0.25) is 25.7 Å². The van der Waals surface area contributed by atoms with Gasteiger partial charge in [0.1, 0.15) is 6.04 Å². The quantitative estimate of drug-likeness (QED) is 0.756. The van der Waals surface area contributed by atoms with Crippen LogP contribution in [-0.2, 0) is 9.53 Å². The molecule has 1 amide bonds. The third kappa shape index (κ3) is 6.04. The normalized spacial score (nSPS) is 13.3. The predicted molar refractivity (Wildman–Crippen MR) is 73.5 cm³/mol. The second kappa shape index (κ2) is 6.77. The van der Waals surface area contributed by atoms with E-state index in [0.717, 1.165) is 10.9 Å². The first kappa shape index (κ1) is 17.0. The topological polar surface area (TPSA) is 66.8 Å². The molecule has 0 saturated heterocycles. The van der Waals surface area contributed by atoms with Gasteiger partial charge in [0.15, 0.2) is 0 Å². The molecule has 0 aliphatic carbocycles. The van der Waals surface area contributed by atoms with Gasteiger partial charge in [0.05, 0.1) is 6.61 Å². The van der Waals surface area contributed by atoms with E-state index in [1.165, 1.54) is 7.05 Å². The molecule has 0 aliphatic rings. The van der Waals surface area contributed by atoms with Gasteiger partial charge in [-0.2, -0.15) is 0 Å². The van der Waals surface area contributed by atoms with Gasteiger partial charge >= 0.3 is 12.1 Å². The molecule has 0 radical (unpaired) electrons. The molecule has 6 heteroatoms. The Hall–Kier alpha value is -1.04. The third-order valence-electron chi connectivity index (χ3n) is 2.67. The minimum Gasteiger partial charge on any atom is -0.480 e. The number of carboxylic acid groups (broad SMARTS) is 1. The maximum Gasteiger partial charge on any atom is 0.410 e. The predicted octanol–water partition coefficient (Wildman–Crippen LogP) is 2.50. The number of carbonyl (C=O) groups excluding carboxylic acids is 1. The summed E-state index contributed by atoms with van der Waals surface area (Å²) in [7, 11) is 0.226. The fourth-order valence-electron chi connectivity index (χ4n) is 1.56. The summed E-state index contributed by atoms with van der Waals surface area (Å²) in [6, 6.07) is 0.0378. The molecule has 0 aromatic carbocycles. The van der Waals surface area contributed by atoms with Crippen LogP contribution in [-0.4, -0.2) is 49.8 Å². The van der Waals surface area contributed by atoms with Crippen LogP contribution in [0, 0.1) is 5.92 Å². The van der Waals surface area contributed by atoms with E-state index in [0.29, 0.717) is 6.61 Å². The highest BCUT2D eigenvalue weighted by Gasteiger charge is 2.30. The van der Waals surface area contributed by atoms with Gasteiger partial charge in [0.2, 0.25) is 0 Å². The number of amides is 1. The maximum atomic E-state index is 11.7. The van der Waals surface area contributed by atoms with Gasteiger partial charge in [-0.05, 0) is 12.0 Å². The molecule has 0 fully saturated rings. The molecule has 0 heterocycles. The molecule has 0 aromatic rings. The summed E-state index contributed by atoms with van der Waals surface area (Å²) in [6.45, 7) is 10.5. The van der Waals surface area contributed by atoms with Crippen LogP contribution < -0.4 is 0 Å². The highest BCUT2D eigenvalue weighted by Crippen LogP contribution is 2.12. The first-order valence-corrected chi connectivity index (χ1v) is 9.89. The van der Waals surface area contributed by atoms with E-state index < -0.39 is 26.2 Å². The first-order valence-electron chi connectivity index (χ1n) is 6.18. The zero-order chi connectivity index (χ0) is 14.5. The molecule has 5 nitrogen and oxygen atoms in total. The average molecular weight is 275 g/mol. The summed E-state index contributed by atoms with van der Waals surface area (Å²) < 4.78 is 5.12. The molecular weight excluding hydrogens is 250 g/mol. The number of nitrogens with zero attached hydrogens (tertiary/aromatic N) is 1. The van der Waals surface area contributed by atoms with Gasteiger partial charge in [0, 0.05) is 15.1 Å². The fourth-order valence-corrected chi connectivity index (χ4v) is 2.27. The molecule has 106 valence electrons. The van der Waals surface area contributed by atoms with Crippen molar-refractivity contribution < 1.29 is 19.4 Å². The molecule has 1 atom stereocenters. The second-order valence-electron chi connectivity index (χ2n) is 6.06. The van der Waals surface area contributed by atoms with Gasteiger partial charge in [0.25, 0.3) is 0 Å². The van der Waals surface area contributed by atoms with Crippen molar-refractivity contribution in [3.05, 3.63) is 0 Å². The minimum atomic E-state index is -1.24. The lowest BCUT2D eigenvalue weighted by atomic mass is 10.0. The highest BCUT2D eigenvalue weighted by molar-refractivity contribution is 6.76. The van der Waals surface area contributed by atoms with Crippen LogP contribution in [0.25, 0.3) is 0 Å². The summed E-state index contributed by atoms with van der Waals surface area (Å²) in [4.78, 5) is 24.0. The molecule has 0 rings (SSSR count). The monoisotopic (exact) mass is 275 g/mol. The van der Waals surface area contributed by atoms with E-state index in [4.69, 9.17) is 9.84 Å². The lowest BCUT2D eigenvalue weighted by molar-refractivity contribution is -0.143. The standard InChI is InChI=1S/C12H25NO4Si/c1-9(2)10(11(14)15)13(3)12(16)17-7-8-18(4,5)6/h9-10H,7-8H2,1-6H3,(H,14,15)/t10-/m0/s1. The SMILES string of the molecule is CC(C)[C@@H](C(=O)O)N(C)C(=O)OCC[Si](C)(C)C. The molecule has 0 spiro atoms. The van der Waals surface area contributed by atoms with E-state index in [1.807, 2.05) is 0 Å². The lowest BCUT2D eigenvalue weighted by Gasteiger charge is -2.27. The van der Waals surface area contributed by atoms with Crippen molar-refractivity contribution in [1.82, 2.24) is 4.90 Å². The molecule has 0 aromatic heterocycles. The maximum absolute atomic E-state index is 11.7. The van der Waals surface area contributed by atoms with Crippen LogP contribution in [0.1, 0.15) is 13.8 Å². The molecule has 0 saturated carbocycles.